The van der Waals surface area contributed by atoms with Crippen LogP contribution in [0.15, 0.2) is 34.9 Å². The molecule has 1 aromatic carbocycles. The van der Waals surface area contributed by atoms with Crippen molar-refractivity contribution in [3.05, 3.63) is 46.2 Å². The van der Waals surface area contributed by atoms with Gasteiger partial charge in [0.05, 0.1) is 28.8 Å². The molecule has 0 bridgehead atoms. The van der Waals surface area contributed by atoms with E-state index in [4.69, 9.17) is 15.9 Å². The first-order valence-corrected chi connectivity index (χ1v) is 6.80. The van der Waals surface area contributed by atoms with E-state index in [1.165, 1.54) is 31.4 Å². The highest BCUT2D eigenvalue weighted by Crippen LogP contribution is 2.43. The molecule has 0 aliphatic carbocycles. The second-order valence-corrected chi connectivity index (χ2v) is 5.47. The third-order valence-electron chi connectivity index (χ3n) is 3.22. The van der Waals surface area contributed by atoms with Gasteiger partial charge in [-0.25, -0.2) is 4.39 Å². The number of rotatable bonds is 2. The molecular formula is C14H12FN3O2S. The molecule has 0 amide bonds. The first-order chi connectivity index (χ1) is 9.99. The largest absolute Gasteiger partial charge is 0.468 e. The summed E-state index contributed by atoms with van der Waals surface area (Å²) in [5.41, 5.74) is 6.53. The van der Waals surface area contributed by atoms with Crippen molar-refractivity contribution in [2.24, 2.45) is 11.7 Å². The summed E-state index contributed by atoms with van der Waals surface area (Å²) in [4.78, 5) is 12.0. The highest BCUT2D eigenvalue weighted by Gasteiger charge is 2.42. The van der Waals surface area contributed by atoms with Gasteiger partial charge in [-0.1, -0.05) is 23.9 Å². The molecule has 0 spiro atoms. The number of hydrogen-bond acceptors (Lipinski definition) is 6. The number of thioether (sulfide) groups is 1. The van der Waals surface area contributed by atoms with Gasteiger partial charge in [-0.15, -0.1) is 0 Å². The van der Waals surface area contributed by atoms with Crippen LogP contribution in [0.2, 0.25) is 0 Å². The number of ether oxygens (including phenoxy) is 1. The molecule has 1 aliphatic heterocycles. The SMILES string of the molecule is COC(=O)[C@@H]1C(=N)SC(N)=C(C#N)[C@H]1c1ccc(F)cc1. The number of halogens is 1. The maximum atomic E-state index is 13.1. The molecule has 0 saturated carbocycles. The Morgan fingerprint density at radius 3 is 2.62 bits per heavy atom. The van der Waals surface area contributed by atoms with Crippen LogP contribution in [-0.4, -0.2) is 18.1 Å². The van der Waals surface area contributed by atoms with Gasteiger partial charge in [0.1, 0.15) is 11.7 Å². The number of nitrogens with one attached hydrogen (secondary N) is 1. The minimum absolute atomic E-state index is 0.00711. The molecule has 1 heterocycles. The number of hydrogen-bond donors (Lipinski definition) is 2. The topological polar surface area (TPSA) is 100.0 Å². The van der Waals surface area contributed by atoms with Crippen molar-refractivity contribution < 1.29 is 13.9 Å². The van der Waals surface area contributed by atoms with E-state index in [1.807, 2.05) is 6.07 Å². The number of nitrogens with zero attached hydrogens (tertiary/aromatic N) is 1. The van der Waals surface area contributed by atoms with Gasteiger partial charge >= 0.3 is 5.97 Å². The summed E-state index contributed by atoms with van der Waals surface area (Å²) in [6.45, 7) is 0. The Morgan fingerprint density at radius 2 is 2.10 bits per heavy atom. The second kappa shape index (κ2) is 5.97. The lowest BCUT2D eigenvalue weighted by Gasteiger charge is -2.30. The standard InChI is InChI=1S/C14H12FN3O2S/c1-20-14(19)11-10(7-2-4-8(15)5-3-7)9(6-16)12(17)21-13(11)18/h2-5,10-11,18H,17H2,1H3/t10-,11+/m1/s1. The van der Waals surface area contributed by atoms with Gasteiger partial charge in [0, 0.05) is 5.92 Å². The minimum Gasteiger partial charge on any atom is -0.468 e. The summed E-state index contributed by atoms with van der Waals surface area (Å²) in [6.07, 6.45) is 0. The van der Waals surface area contributed by atoms with Gasteiger partial charge < -0.3 is 10.5 Å². The van der Waals surface area contributed by atoms with Crippen LogP contribution in [0.25, 0.3) is 0 Å². The molecule has 5 nitrogen and oxygen atoms in total. The molecular weight excluding hydrogens is 293 g/mol. The molecule has 21 heavy (non-hydrogen) atoms. The molecule has 7 heteroatoms. The number of carbonyl (C=O) groups is 1. The number of methoxy groups -OCH3 is 1. The molecule has 2 atom stereocenters. The summed E-state index contributed by atoms with van der Waals surface area (Å²) in [5, 5.41) is 17.5. The van der Waals surface area contributed by atoms with Crippen molar-refractivity contribution in [2.45, 2.75) is 5.92 Å². The zero-order valence-electron chi connectivity index (χ0n) is 11.1. The lowest BCUT2D eigenvalue weighted by molar-refractivity contribution is -0.143. The normalized spacial score (nSPS) is 21.9. The molecule has 1 aliphatic rings. The maximum absolute atomic E-state index is 13.1. The number of allylic oxidation sites excluding steroid dienone is 1. The van der Waals surface area contributed by atoms with Crippen molar-refractivity contribution in [3.8, 4) is 6.07 Å². The van der Waals surface area contributed by atoms with E-state index < -0.39 is 23.6 Å². The Bertz CT molecular complexity index is 664. The number of benzene rings is 1. The van der Waals surface area contributed by atoms with Gasteiger partial charge in [0.25, 0.3) is 0 Å². The fraction of sp³-hybridized carbons (Fsp3) is 0.214. The molecule has 0 unspecified atom stereocenters. The fourth-order valence-corrected chi connectivity index (χ4v) is 3.11. The first kappa shape index (κ1) is 15.1. The summed E-state index contributed by atoms with van der Waals surface area (Å²) in [6, 6.07) is 7.41. The van der Waals surface area contributed by atoms with Crippen LogP contribution in [0.3, 0.4) is 0 Å². The van der Waals surface area contributed by atoms with Gasteiger partial charge in [0.2, 0.25) is 0 Å². The van der Waals surface area contributed by atoms with Crippen LogP contribution >= 0.6 is 11.8 Å². The van der Waals surface area contributed by atoms with Crippen molar-refractivity contribution >= 4 is 22.8 Å². The third-order valence-corrected chi connectivity index (χ3v) is 4.13. The van der Waals surface area contributed by atoms with Crippen molar-refractivity contribution in [2.75, 3.05) is 7.11 Å². The van der Waals surface area contributed by atoms with E-state index in [9.17, 15) is 14.4 Å². The minimum atomic E-state index is -0.951. The van der Waals surface area contributed by atoms with Crippen LogP contribution in [-0.2, 0) is 9.53 Å². The smallest absolute Gasteiger partial charge is 0.316 e. The second-order valence-electron chi connectivity index (χ2n) is 4.39. The lowest BCUT2D eigenvalue weighted by atomic mass is 9.81. The van der Waals surface area contributed by atoms with Crippen molar-refractivity contribution in [1.82, 2.24) is 0 Å². The Labute approximate surface area is 125 Å². The quantitative estimate of drug-likeness (QED) is 0.815. The molecule has 0 saturated heterocycles. The van der Waals surface area contributed by atoms with Gasteiger partial charge in [0.15, 0.2) is 0 Å². The van der Waals surface area contributed by atoms with Crippen LogP contribution in [0, 0.1) is 28.5 Å². The number of carbonyl (C=O) groups excluding carboxylic acids is 1. The monoisotopic (exact) mass is 305 g/mol. The van der Waals surface area contributed by atoms with Crippen molar-refractivity contribution in [1.29, 1.82) is 10.7 Å². The predicted octanol–water partition coefficient (Wildman–Crippen LogP) is 2.12. The highest BCUT2D eigenvalue weighted by molar-refractivity contribution is 8.17. The van der Waals surface area contributed by atoms with E-state index in [1.54, 1.807) is 0 Å². The Morgan fingerprint density at radius 1 is 1.48 bits per heavy atom. The molecule has 3 N–H and O–H groups in total. The molecule has 2 rings (SSSR count). The Hall–Kier alpha value is -2.33. The number of esters is 1. The van der Waals surface area contributed by atoms with E-state index in [2.05, 4.69) is 0 Å². The number of nitrogens with two attached hydrogens (primary N) is 1. The average molecular weight is 305 g/mol. The van der Waals surface area contributed by atoms with Crippen LogP contribution in [0.4, 0.5) is 4.39 Å². The third kappa shape index (κ3) is 2.76. The van der Waals surface area contributed by atoms with Crippen LogP contribution < -0.4 is 5.73 Å². The van der Waals surface area contributed by atoms with Crippen molar-refractivity contribution in [3.63, 3.8) is 0 Å². The summed E-state index contributed by atoms with van der Waals surface area (Å²) in [7, 11) is 1.22. The molecule has 0 aromatic heterocycles. The van der Waals surface area contributed by atoms with E-state index in [0.29, 0.717) is 5.56 Å². The first-order valence-electron chi connectivity index (χ1n) is 5.99. The zero-order chi connectivity index (χ0) is 15.6. The summed E-state index contributed by atoms with van der Waals surface area (Å²) < 4.78 is 17.8. The summed E-state index contributed by atoms with van der Waals surface area (Å²) in [5.74, 6) is -2.74. The van der Waals surface area contributed by atoms with E-state index >= 15 is 0 Å². The molecule has 1 aromatic rings. The predicted molar refractivity (Wildman–Crippen MR) is 76.8 cm³/mol. The van der Waals surface area contributed by atoms with Crippen LogP contribution in [0.1, 0.15) is 11.5 Å². The average Bonchev–Trinajstić information content (AvgIpc) is 2.46. The van der Waals surface area contributed by atoms with Gasteiger partial charge in [-0.05, 0) is 17.7 Å². The lowest BCUT2D eigenvalue weighted by Crippen LogP contribution is -2.34. The molecule has 108 valence electrons. The van der Waals surface area contributed by atoms with Gasteiger partial charge in [-0.2, -0.15) is 5.26 Å². The van der Waals surface area contributed by atoms with Crippen LogP contribution in [0.5, 0.6) is 0 Å². The van der Waals surface area contributed by atoms with E-state index in [-0.39, 0.29) is 15.6 Å². The Balaban J connectivity index is 2.59. The molecule has 0 fully saturated rings. The highest BCUT2D eigenvalue weighted by atomic mass is 32.2. The van der Waals surface area contributed by atoms with E-state index in [0.717, 1.165) is 11.8 Å². The van der Waals surface area contributed by atoms with Gasteiger partial charge in [-0.3, -0.25) is 10.2 Å². The summed E-state index contributed by atoms with van der Waals surface area (Å²) >= 11 is 0.871. The zero-order valence-corrected chi connectivity index (χ0v) is 11.9. The number of nitriles is 1. The maximum Gasteiger partial charge on any atom is 0.316 e. The Kier molecular flexibility index (Phi) is 4.29. The molecule has 0 radical (unpaired) electrons. The fourth-order valence-electron chi connectivity index (χ4n) is 2.23.